The largest absolute Gasteiger partial charge is 0.303 e. The number of aryl methyl sites for hydroxylation is 3. The standard InChI is InChI=1S/C12H14N2/c1-9-6-7-13-12(8-9)14-10(2)4-5-11(14)3/h4-8H,1-3H3. The number of pyridine rings is 1. The molecule has 2 aromatic rings. The first-order valence-electron chi connectivity index (χ1n) is 4.76. The molecular formula is C12H14N2. The molecule has 0 radical (unpaired) electrons. The molecule has 0 N–H and O–H groups in total. The van der Waals surface area contributed by atoms with E-state index in [4.69, 9.17) is 0 Å². The van der Waals surface area contributed by atoms with Crippen LogP contribution in [0.3, 0.4) is 0 Å². The molecule has 72 valence electrons. The number of aromatic nitrogens is 2. The van der Waals surface area contributed by atoms with E-state index in [1.54, 1.807) is 0 Å². The van der Waals surface area contributed by atoms with Crippen molar-refractivity contribution in [3.05, 3.63) is 47.4 Å². The van der Waals surface area contributed by atoms with Gasteiger partial charge in [0.15, 0.2) is 0 Å². The minimum Gasteiger partial charge on any atom is -0.303 e. The third kappa shape index (κ3) is 1.43. The van der Waals surface area contributed by atoms with Gasteiger partial charge in [-0.3, -0.25) is 0 Å². The maximum Gasteiger partial charge on any atom is 0.137 e. The normalized spacial score (nSPS) is 10.5. The van der Waals surface area contributed by atoms with Crippen LogP contribution in [0.25, 0.3) is 5.82 Å². The van der Waals surface area contributed by atoms with Crippen molar-refractivity contribution in [3.8, 4) is 5.82 Å². The smallest absolute Gasteiger partial charge is 0.137 e. The molecule has 0 aliphatic rings. The molecule has 2 heterocycles. The van der Waals surface area contributed by atoms with Gasteiger partial charge in [-0.15, -0.1) is 0 Å². The van der Waals surface area contributed by atoms with Gasteiger partial charge >= 0.3 is 0 Å². The van der Waals surface area contributed by atoms with Crippen molar-refractivity contribution in [1.29, 1.82) is 0 Å². The Labute approximate surface area is 84.2 Å². The Balaban J connectivity index is 2.59. The van der Waals surface area contributed by atoms with Crippen LogP contribution in [-0.2, 0) is 0 Å². The van der Waals surface area contributed by atoms with Gasteiger partial charge in [-0.1, -0.05) is 0 Å². The second-order valence-electron chi connectivity index (χ2n) is 3.64. The van der Waals surface area contributed by atoms with Gasteiger partial charge in [0.1, 0.15) is 5.82 Å². The van der Waals surface area contributed by atoms with Gasteiger partial charge in [0.25, 0.3) is 0 Å². The van der Waals surface area contributed by atoms with Crippen molar-refractivity contribution < 1.29 is 0 Å². The SMILES string of the molecule is Cc1ccnc(-n2c(C)ccc2C)c1. The molecule has 0 saturated heterocycles. The molecule has 0 fully saturated rings. The Hall–Kier alpha value is -1.57. The summed E-state index contributed by atoms with van der Waals surface area (Å²) in [5, 5.41) is 0. The van der Waals surface area contributed by atoms with E-state index in [0.29, 0.717) is 0 Å². The van der Waals surface area contributed by atoms with Crippen LogP contribution in [0.5, 0.6) is 0 Å². The minimum absolute atomic E-state index is 1.00. The quantitative estimate of drug-likeness (QED) is 0.669. The van der Waals surface area contributed by atoms with Crippen molar-refractivity contribution >= 4 is 0 Å². The summed E-state index contributed by atoms with van der Waals surface area (Å²) in [5.74, 6) is 1.00. The zero-order chi connectivity index (χ0) is 10.1. The summed E-state index contributed by atoms with van der Waals surface area (Å²) in [6.07, 6.45) is 1.85. The first-order valence-corrected chi connectivity index (χ1v) is 4.76. The number of rotatable bonds is 1. The second-order valence-corrected chi connectivity index (χ2v) is 3.64. The first kappa shape index (κ1) is 9.00. The summed E-state index contributed by atoms with van der Waals surface area (Å²) in [6.45, 7) is 6.27. The van der Waals surface area contributed by atoms with Gasteiger partial charge < -0.3 is 4.57 Å². The van der Waals surface area contributed by atoms with E-state index < -0.39 is 0 Å². The van der Waals surface area contributed by atoms with E-state index in [1.165, 1.54) is 17.0 Å². The van der Waals surface area contributed by atoms with E-state index in [0.717, 1.165) is 5.82 Å². The average Bonchev–Trinajstić information content (AvgIpc) is 2.46. The van der Waals surface area contributed by atoms with E-state index in [9.17, 15) is 0 Å². The Kier molecular flexibility index (Phi) is 2.12. The molecule has 2 nitrogen and oxygen atoms in total. The lowest BCUT2D eigenvalue weighted by molar-refractivity contribution is 0.919. The van der Waals surface area contributed by atoms with Gasteiger partial charge in [0, 0.05) is 17.6 Å². The molecule has 0 saturated carbocycles. The zero-order valence-electron chi connectivity index (χ0n) is 8.78. The summed E-state index contributed by atoms with van der Waals surface area (Å²) < 4.78 is 2.16. The van der Waals surface area contributed by atoms with E-state index in [1.807, 2.05) is 12.3 Å². The van der Waals surface area contributed by atoms with E-state index >= 15 is 0 Å². The Morgan fingerprint density at radius 3 is 2.21 bits per heavy atom. The molecule has 0 aliphatic carbocycles. The molecule has 0 bridgehead atoms. The third-order valence-electron chi connectivity index (χ3n) is 2.40. The Morgan fingerprint density at radius 1 is 1.00 bits per heavy atom. The van der Waals surface area contributed by atoms with Crippen LogP contribution in [0.15, 0.2) is 30.5 Å². The molecule has 2 heteroatoms. The molecule has 0 aliphatic heterocycles. The fourth-order valence-corrected chi connectivity index (χ4v) is 1.67. The van der Waals surface area contributed by atoms with Crippen LogP contribution in [-0.4, -0.2) is 9.55 Å². The lowest BCUT2D eigenvalue weighted by Crippen LogP contribution is -2.01. The highest BCUT2D eigenvalue weighted by molar-refractivity contribution is 5.33. The maximum atomic E-state index is 4.37. The van der Waals surface area contributed by atoms with Crippen LogP contribution in [0, 0.1) is 20.8 Å². The van der Waals surface area contributed by atoms with Crippen molar-refractivity contribution in [1.82, 2.24) is 9.55 Å². The Bertz CT molecular complexity index is 436. The van der Waals surface area contributed by atoms with Gasteiger partial charge in [-0.25, -0.2) is 4.98 Å². The summed E-state index contributed by atoms with van der Waals surface area (Å²) in [4.78, 5) is 4.37. The van der Waals surface area contributed by atoms with Crippen molar-refractivity contribution in [2.24, 2.45) is 0 Å². The van der Waals surface area contributed by atoms with Crippen molar-refractivity contribution in [2.45, 2.75) is 20.8 Å². The Morgan fingerprint density at radius 2 is 1.64 bits per heavy atom. The molecule has 2 aromatic heterocycles. The summed E-state index contributed by atoms with van der Waals surface area (Å²) >= 11 is 0. The van der Waals surface area contributed by atoms with Gasteiger partial charge in [-0.05, 0) is 50.6 Å². The first-order chi connectivity index (χ1) is 6.68. The van der Waals surface area contributed by atoms with Crippen LogP contribution >= 0.6 is 0 Å². The summed E-state index contributed by atoms with van der Waals surface area (Å²) in [5.41, 5.74) is 3.68. The average molecular weight is 186 g/mol. The second kappa shape index (κ2) is 3.29. The van der Waals surface area contributed by atoms with Crippen molar-refractivity contribution in [2.75, 3.05) is 0 Å². The lowest BCUT2D eigenvalue weighted by Gasteiger charge is -2.08. The maximum absolute atomic E-state index is 4.37. The summed E-state index contributed by atoms with van der Waals surface area (Å²) in [7, 11) is 0. The van der Waals surface area contributed by atoms with Crippen LogP contribution < -0.4 is 0 Å². The minimum atomic E-state index is 1.00. The highest BCUT2D eigenvalue weighted by Gasteiger charge is 2.03. The highest BCUT2D eigenvalue weighted by atomic mass is 15.1. The number of nitrogens with zero attached hydrogens (tertiary/aromatic N) is 2. The van der Waals surface area contributed by atoms with Crippen molar-refractivity contribution in [3.63, 3.8) is 0 Å². The van der Waals surface area contributed by atoms with Crippen LogP contribution in [0.1, 0.15) is 17.0 Å². The predicted octanol–water partition coefficient (Wildman–Crippen LogP) is 2.80. The monoisotopic (exact) mass is 186 g/mol. The molecule has 2 rings (SSSR count). The van der Waals surface area contributed by atoms with Gasteiger partial charge in [-0.2, -0.15) is 0 Å². The summed E-state index contributed by atoms with van der Waals surface area (Å²) in [6, 6.07) is 8.33. The zero-order valence-corrected chi connectivity index (χ0v) is 8.78. The van der Waals surface area contributed by atoms with Crippen LogP contribution in [0.4, 0.5) is 0 Å². The highest BCUT2D eigenvalue weighted by Crippen LogP contribution is 2.14. The number of hydrogen-bond donors (Lipinski definition) is 0. The molecule has 0 amide bonds. The van der Waals surface area contributed by atoms with E-state index in [-0.39, 0.29) is 0 Å². The molecule has 0 aromatic carbocycles. The number of hydrogen-bond acceptors (Lipinski definition) is 1. The lowest BCUT2D eigenvalue weighted by atomic mass is 10.3. The fraction of sp³-hybridized carbons (Fsp3) is 0.250. The third-order valence-corrected chi connectivity index (χ3v) is 2.40. The predicted molar refractivity (Wildman–Crippen MR) is 57.8 cm³/mol. The molecule has 14 heavy (non-hydrogen) atoms. The molecule has 0 spiro atoms. The van der Waals surface area contributed by atoms with E-state index in [2.05, 4.69) is 48.5 Å². The molecular weight excluding hydrogens is 172 g/mol. The van der Waals surface area contributed by atoms with Gasteiger partial charge in [0.2, 0.25) is 0 Å². The van der Waals surface area contributed by atoms with Gasteiger partial charge in [0.05, 0.1) is 0 Å². The molecule has 0 unspecified atom stereocenters. The van der Waals surface area contributed by atoms with Crippen LogP contribution in [0.2, 0.25) is 0 Å². The fourth-order valence-electron chi connectivity index (χ4n) is 1.67. The topological polar surface area (TPSA) is 17.8 Å². The molecule has 0 atom stereocenters.